The number of ether oxygens (including phenoxy) is 1. The summed E-state index contributed by atoms with van der Waals surface area (Å²) in [7, 11) is 0. The highest BCUT2D eigenvalue weighted by Gasteiger charge is 2.31. The molecule has 1 heterocycles. The van der Waals surface area contributed by atoms with Crippen molar-refractivity contribution in [2.45, 2.75) is 26.9 Å². The van der Waals surface area contributed by atoms with E-state index in [1.54, 1.807) is 36.1 Å². The van der Waals surface area contributed by atoms with E-state index in [1.807, 2.05) is 13.8 Å². The van der Waals surface area contributed by atoms with E-state index in [9.17, 15) is 9.59 Å². The molecule has 0 saturated carbocycles. The molecule has 1 atom stereocenters. The summed E-state index contributed by atoms with van der Waals surface area (Å²) in [5.41, 5.74) is 1.30. The lowest BCUT2D eigenvalue weighted by atomic mass is 10.1. The van der Waals surface area contributed by atoms with Crippen molar-refractivity contribution in [1.29, 1.82) is 0 Å². The van der Waals surface area contributed by atoms with Gasteiger partial charge in [-0.3, -0.25) is 9.59 Å². The molecule has 0 radical (unpaired) electrons. The van der Waals surface area contributed by atoms with E-state index >= 15 is 0 Å². The van der Waals surface area contributed by atoms with Crippen molar-refractivity contribution in [3.8, 4) is 5.75 Å². The van der Waals surface area contributed by atoms with Gasteiger partial charge in [0.2, 0.25) is 5.91 Å². The van der Waals surface area contributed by atoms with Gasteiger partial charge in [0.25, 0.3) is 5.91 Å². The van der Waals surface area contributed by atoms with Gasteiger partial charge in [-0.1, -0.05) is 19.9 Å². The summed E-state index contributed by atoms with van der Waals surface area (Å²) in [5, 5.41) is 2.82. The Morgan fingerprint density at radius 3 is 2.86 bits per heavy atom. The fourth-order valence-electron chi connectivity index (χ4n) is 2.09. The molecule has 5 nitrogen and oxygen atoms in total. The van der Waals surface area contributed by atoms with Gasteiger partial charge in [0, 0.05) is 18.2 Å². The summed E-state index contributed by atoms with van der Waals surface area (Å²) in [5.74, 6) is 0.339. The Morgan fingerprint density at radius 2 is 2.24 bits per heavy atom. The molecule has 1 aromatic rings. The van der Waals surface area contributed by atoms with E-state index in [-0.39, 0.29) is 17.7 Å². The van der Waals surface area contributed by atoms with E-state index in [0.29, 0.717) is 23.7 Å². The number of anilines is 2. The second kappa shape index (κ2) is 5.99. The zero-order chi connectivity index (χ0) is 15.6. The van der Waals surface area contributed by atoms with Gasteiger partial charge < -0.3 is 15.0 Å². The van der Waals surface area contributed by atoms with Gasteiger partial charge in [-0.05, 0) is 25.1 Å². The van der Waals surface area contributed by atoms with E-state index in [4.69, 9.17) is 4.74 Å². The second-order valence-corrected chi connectivity index (χ2v) is 5.32. The molecular formula is C16H20N2O3. The van der Waals surface area contributed by atoms with Crippen LogP contribution < -0.4 is 15.0 Å². The number of nitrogens with one attached hydrogen (secondary N) is 1. The highest BCUT2D eigenvalue weighted by Crippen LogP contribution is 2.36. The van der Waals surface area contributed by atoms with Gasteiger partial charge in [-0.25, -0.2) is 0 Å². The van der Waals surface area contributed by atoms with Crippen LogP contribution >= 0.6 is 0 Å². The third kappa shape index (κ3) is 3.07. The number of amides is 2. The van der Waals surface area contributed by atoms with Crippen LogP contribution in [0.1, 0.15) is 20.8 Å². The molecule has 1 N–H and O–H groups in total. The number of carbonyl (C=O) groups is 2. The lowest BCUT2D eigenvalue weighted by Gasteiger charge is -2.32. The Bertz CT molecular complexity index is 581. The third-order valence-corrected chi connectivity index (χ3v) is 3.27. The standard InChI is InChI=1S/C16H20N2O3/c1-5-8-18-13-9-12(17-15(19)10(2)3)6-7-14(13)21-11(4)16(18)20/h5-7,9-11H,1,8H2,2-4H3,(H,17,19). The Kier molecular flexibility index (Phi) is 4.31. The van der Waals surface area contributed by atoms with Crippen LogP contribution in [0.4, 0.5) is 11.4 Å². The average molecular weight is 288 g/mol. The number of nitrogens with zero attached hydrogens (tertiary/aromatic N) is 1. The van der Waals surface area contributed by atoms with Gasteiger partial charge in [0.05, 0.1) is 5.69 Å². The van der Waals surface area contributed by atoms with Gasteiger partial charge in [0.1, 0.15) is 5.75 Å². The number of rotatable bonds is 4. The molecular weight excluding hydrogens is 268 g/mol. The lowest BCUT2D eigenvalue weighted by Crippen LogP contribution is -2.44. The minimum atomic E-state index is -0.520. The highest BCUT2D eigenvalue weighted by molar-refractivity contribution is 6.01. The summed E-state index contributed by atoms with van der Waals surface area (Å²) in [6, 6.07) is 5.29. The third-order valence-electron chi connectivity index (χ3n) is 3.27. The molecule has 1 aliphatic rings. The van der Waals surface area contributed by atoms with Crippen molar-refractivity contribution in [2.24, 2.45) is 5.92 Å². The SMILES string of the molecule is C=CCN1C(=O)C(C)Oc2ccc(NC(=O)C(C)C)cc21. The minimum absolute atomic E-state index is 0.0679. The molecule has 0 saturated heterocycles. The van der Waals surface area contributed by atoms with E-state index in [1.165, 1.54) is 0 Å². The van der Waals surface area contributed by atoms with Crippen LogP contribution in [-0.2, 0) is 9.59 Å². The molecule has 0 fully saturated rings. The molecule has 2 amide bonds. The number of hydrogen-bond acceptors (Lipinski definition) is 3. The van der Waals surface area contributed by atoms with Crippen LogP contribution in [0.3, 0.4) is 0 Å². The first kappa shape index (κ1) is 15.1. The fourth-order valence-corrected chi connectivity index (χ4v) is 2.09. The summed E-state index contributed by atoms with van der Waals surface area (Å²) >= 11 is 0. The maximum Gasteiger partial charge on any atom is 0.268 e. The number of carbonyl (C=O) groups excluding carboxylic acids is 2. The minimum Gasteiger partial charge on any atom is -0.479 e. The highest BCUT2D eigenvalue weighted by atomic mass is 16.5. The molecule has 2 rings (SSSR count). The summed E-state index contributed by atoms with van der Waals surface area (Å²) in [6.07, 6.45) is 1.15. The van der Waals surface area contributed by atoms with Gasteiger partial charge in [0.15, 0.2) is 6.10 Å². The van der Waals surface area contributed by atoms with Crippen molar-refractivity contribution >= 4 is 23.2 Å². The van der Waals surface area contributed by atoms with Crippen molar-refractivity contribution in [1.82, 2.24) is 0 Å². The Labute approximate surface area is 124 Å². The molecule has 0 spiro atoms. The van der Waals surface area contributed by atoms with Crippen molar-refractivity contribution in [3.63, 3.8) is 0 Å². The van der Waals surface area contributed by atoms with Crippen LogP contribution in [-0.4, -0.2) is 24.5 Å². The zero-order valence-corrected chi connectivity index (χ0v) is 12.6. The number of benzene rings is 1. The van der Waals surface area contributed by atoms with Gasteiger partial charge in [-0.2, -0.15) is 0 Å². The largest absolute Gasteiger partial charge is 0.479 e. The van der Waals surface area contributed by atoms with Gasteiger partial charge >= 0.3 is 0 Å². The second-order valence-electron chi connectivity index (χ2n) is 5.32. The van der Waals surface area contributed by atoms with Crippen LogP contribution in [0, 0.1) is 5.92 Å². The van der Waals surface area contributed by atoms with Crippen LogP contribution in [0.2, 0.25) is 0 Å². The molecule has 21 heavy (non-hydrogen) atoms. The van der Waals surface area contributed by atoms with E-state index in [2.05, 4.69) is 11.9 Å². The molecule has 5 heteroatoms. The monoisotopic (exact) mass is 288 g/mol. The average Bonchev–Trinajstić information content (AvgIpc) is 2.44. The predicted octanol–water partition coefficient (Wildman–Crippen LogP) is 2.58. The molecule has 0 aliphatic carbocycles. The van der Waals surface area contributed by atoms with Crippen LogP contribution in [0.15, 0.2) is 30.9 Å². The fraction of sp³-hybridized carbons (Fsp3) is 0.375. The lowest BCUT2D eigenvalue weighted by molar-refractivity contribution is -0.125. The van der Waals surface area contributed by atoms with Crippen LogP contribution in [0.25, 0.3) is 0 Å². The molecule has 1 aliphatic heterocycles. The Balaban J connectivity index is 2.34. The molecule has 1 aromatic carbocycles. The normalized spacial score (nSPS) is 17.2. The van der Waals surface area contributed by atoms with E-state index < -0.39 is 6.10 Å². The van der Waals surface area contributed by atoms with Crippen molar-refractivity contribution in [3.05, 3.63) is 30.9 Å². The quantitative estimate of drug-likeness (QED) is 0.866. The number of hydrogen-bond donors (Lipinski definition) is 1. The van der Waals surface area contributed by atoms with Gasteiger partial charge in [-0.15, -0.1) is 6.58 Å². The smallest absolute Gasteiger partial charge is 0.268 e. The first-order chi connectivity index (χ1) is 9.93. The summed E-state index contributed by atoms with van der Waals surface area (Å²) in [6.45, 7) is 9.45. The molecule has 0 aromatic heterocycles. The number of fused-ring (bicyclic) bond motifs is 1. The Hall–Kier alpha value is -2.30. The molecule has 1 unspecified atom stereocenters. The zero-order valence-electron chi connectivity index (χ0n) is 12.6. The molecule has 112 valence electrons. The first-order valence-electron chi connectivity index (χ1n) is 6.98. The maximum absolute atomic E-state index is 12.2. The Morgan fingerprint density at radius 1 is 1.52 bits per heavy atom. The summed E-state index contributed by atoms with van der Waals surface area (Å²) in [4.78, 5) is 25.6. The first-order valence-corrected chi connectivity index (χ1v) is 6.98. The maximum atomic E-state index is 12.2. The summed E-state index contributed by atoms with van der Waals surface area (Å²) < 4.78 is 5.59. The topological polar surface area (TPSA) is 58.6 Å². The van der Waals surface area contributed by atoms with Crippen molar-refractivity contribution < 1.29 is 14.3 Å². The van der Waals surface area contributed by atoms with Crippen molar-refractivity contribution in [2.75, 3.05) is 16.8 Å². The van der Waals surface area contributed by atoms with Crippen LogP contribution in [0.5, 0.6) is 5.75 Å². The molecule has 0 bridgehead atoms. The predicted molar refractivity (Wildman–Crippen MR) is 82.5 cm³/mol. The van der Waals surface area contributed by atoms with E-state index in [0.717, 1.165) is 0 Å².